The summed E-state index contributed by atoms with van der Waals surface area (Å²) < 4.78 is 49.8. The summed E-state index contributed by atoms with van der Waals surface area (Å²) in [6.07, 6.45) is 0. The zero-order valence-corrected chi connectivity index (χ0v) is 22.5. The SMILES string of the molecule is Oc1cc2c(cc1C(c1ccc(F)cc1)N1CCN(C(c3ccc(F)cc3)c3cc4c(cc3O)OCO4)CC1)OCO2. The van der Waals surface area contributed by atoms with Crippen LogP contribution in [0, 0.1) is 11.6 Å². The minimum atomic E-state index is -0.384. The van der Waals surface area contributed by atoms with Crippen molar-refractivity contribution < 1.29 is 37.9 Å². The number of fused-ring (bicyclic) bond motifs is 2. The molecule has 0 amide bonds. The van der Waals surface area contributed by atoms with Crippen molar-refractivity contribution in [3.8, 4) is 34.5 Å². The topological polar surface area (TPSA) is 83.9 Å². The van der Waals surface area contributed by atoms with Crippen LogP contribution in [0.1, 0.15) is 34.3 Å². The van der Waals surface area contributed by atoms with Crippen LogP contribution in [-0.4, -0.2) is 59.8 Å². The van der Waals surface area contributed by atoms with E-state index in [9.17, 15) is 19.0 Å². The van der Waals surface area contributed by atoms with Gasteiger partial charge in [-0.25, -0.2) is 8.78 Å². The fourth-order valence-electron chi connectivity index (χ4n) is 6.05. The first kappa shape index (κ1) is 26.4. The number of benzene rings is 4. The minimum Gasteiger partial charge on any atom is -0.507 e. The summed E-state index contributed by atoms with van der Waals surface area (Å²) in [7, 11) is 0. The van der Waals surface area contributed by atoms with Gasteiger partial charge in [0.25, 0.3) is 0 Å². The van der Waals surface area contributed by atoms with Gasteiger partial charge in [-0.1, -0.05) is 24.3 Å². The maximum absolute atomic E-state index is 13.9. The molecule has 7 rings (SSSR count). The lowest BCUT2D eigenvalue weighted by Crippen LogP contribution is -2.49. The summed E-state index contributed by atoms with van der Waals surface area (Å²) in [6, 6.07) is 18.4. The second kappa shape index (κ2) is 10.7. The summed E-state index contributed by atoms with van der Waals surface area (Å²) in [5.41, 5.74) is 2.90. The molecule has 0 saturated carbocycles. The average Bonchev–Trinajstić information content (AvgIpc) is 3.65. The van der Waals surface area contributed by atoms with Crippen LogP contribution in [0.5, 0.6) is 34.5 Å². The average molecular weight is 575 g/mol. The van der Waals surface area contributed by atoms with Gasteiger partial charge in [-0.2, -0.15) is 0 Å². The molecule has 0 aliphatic carbocycles. The Hall–Kier alpha value is -4.54. The first-order valence-electron chi connectivity index (χ1n) is 13.7. The van der Waals surface area contributed by atoms with Gasteiger partial charge in [-0.3, -0.25) is 9.80 Å². The molecule has 3 heterocycles. The Kier molecular flexibility index (Phi) is 6.72. The summed E-state index contributed by atoms with van der Waals surface area (Å²) in [5.74, 6) is 1.47. The van der Waals surface area contributed by atoms with E-state index in [-0.39, 0.29) is 48.8 Å². The van der Waals surface area contributed by atoms with Crippen molar-refractivity contribution in [1.29, 1.82) is 0 Å². The van der Waals surface area contributed by atoms with Gasteiger partial charge >= 0.3 is 0 Å². The quantitative estimate of drug-likeness (QED) is 0.320. The number of hydrogen-bond donors (Lipinski definition) is 2. The highest BCUT2D eigenvalue weighted by molar-refractivity contribution is 5.55. The Morgan fingerprint density at radius 2 is 0.857 bits per heavy atom. The highest BCUT2D eigenvalue weighted by Crippen LogP contribution is 2.46. The molecular weight excluding hydrogens is 546 g/mol. The van der Waals surface area contributed by atoms with Gasteiger partial charge in [0.1, 0.15) is 23.1 Å². The molecule has 1 fully saturated rings. The number of halogens is 2. The van der Waals surface area contributed by atoms with Crippen LogP contribution in [0.2, 0.25) is 0 Å². The number of nitrogens with zero attached hydrogens (tertiary/aromatic N) is 2. The fraction of sp³-hybridized carbons (Fsp3) is 0.250. The third-order valence-electron chi connectivity index (χ3n) is 8.08. The molecule has 8 nitrogen and oxygen atoms in total. The fourth-order valence-corrected chi connectivity index (χ4v) is 6.05. The van der Waals surface area contributed by atoms with Crippen molar-refractivity contribution in [3.05, 3.63) is 107 Å². The van der Waals surface area contributed by atoms with E-state index in [1.165, 1.54) is 24.3 Å². The lowest BCUT2D eigenvalue weighted by molar-refractivity contribution is 0.0882. The van der Waals surface area contributed by atoms with E-state index >= 15 is 0 Å². The number of rotatable bonds is 6. The summed E-state index contributed by atoms with van der Waals surface area (Å²) in [4.78, 5) is 4.45. The molecule has 4 aromatic rings. The zero-order chi connectivity index (χ0) is 28.8. The Labute approximate surface area is 240 Å². The highest BCUT2D eigenvalue weighted by Gasteiger charge is 2.34. The molecule has 2 atom stereocenters. The van der Waals surface area contributed by atoms with E-state index in [1.807, 2.05) is 0 Å². The normalized spacial score (nSPS) is 17.8. The number of piperazine rings is 1. The summed E-state index contributed by atoms with van der Waals surface area (Å²) >= 11 is 0. The van der Waals surface area contributed by atoms with Gasteiger partial charge in [-0.15, -0.1) is 0 Å². The van der Waals surface area contributed by atoms with Gasteiger partial charge in [0, 0.05) is 49.4 Å². The molecule has 0 bridgehead atoms. The van der Waals surface area contributed by atoms with E-state index in [2.05, 4.69) is 9.80 Å². The molecule has 2 N–H and O–H groups in total. The van der Waals surface area contributed by atoms with Gasteiger partial charge in [0.2, 0.25) is 13.6 Å². The van der Waals surface area contributed by atoms with Crippen LogP contribution >= 0.6 is 0 Å². The van der Waals surface area contributed by atoms with Crippen LogP contribution in [0.3, 0.4) is 0 Å². The molecule has 1 saturated heterocycles. The van der Waals surface area contributed by atoms with Crippen molar-refractivity contribution in [1.82, 2.24) is 9.80 Å². The maximum Gasteiger partial charge on any atom is 0.231 e. The molecule has 0 spiro atoms. The molecule has 0 aromatic heterocycles. The van der Waals surface area contributed by atoms with Gasteiger partial charge < -0.3 is 29.2 Å². The van der Waals surface area contributed by atoms with Crippen molar-refractivity contribution in [2.45, 2.75) is 12.1 Å². The van der Waals surface area contributed by atoms with Crippen molar-refractivity contribution in [3.63, 3.8) is 0 Å². The van der Waals surface area contributed by atoms with Gasteiger partial charge in [-0.05, 0) is 47.5 Å². The van der Waals surface area contributed by atoms with Crippen LogP contribution in [0.15, 0.2) is 72.8 Å². The molecule has 0 radical (unpaired) electrons. The van der Waals surface area contributed by atoms with Crippen LogP contribution in [-0.2, 0) is 0 Å². The van der Waals surface area contributed by atoms with E-state index in [0.717, 1.165) is 11.1 Å². The van der Waals surface area contributed by atoms with Crippen molar-refractivity contribution >= 4 is 0 Å². The molecule has 216 valence electrons. The molecule has 10 heteroatoms. The Morgan fingerprint density at radius 3 is 1.21 bits per heavy atom. The number of aromatic hydroxyl groups is 2. The first-order chi connectivity index (χ1) is 20.4. The third-order valence-corrected chi connectivity index (χ3v) is 8.08. The second-order valence-electron chi connectivity index (χ2n) is 10.5. The molecule has 42 heavy (non-hydrogen) atoms. The third kappa shape index (κ3) is 4.82. The van der Waals surface area contributed by atoms with Gasteiger partial charge in [0.05, 0.1) is 12.1 Å². The van der Waals surface area contributed by atoms with E-state index < -0.39 is 0 Å². The summed E-state index contributed by atoms with van der Waals surface area (Å²) in [5, 5.41) is 22.1. The molecule has 3 aliphatic rings. The van der Waals surface area contributed by atoms with E-state index in [1.54, 1.807) is 48.5 Å². The molecule has 2 unspecified atom stereocenters. The predicted molar refractivity (Wildman–Crippen MR) is 148 cm³/mol. The summed E-state index contributed by atoms with van der Waals surface area (Å²) in [6.45, 7) is 2.49. The van der Waals surface area contributed by atoms with Crippen LogP contribution in [0.25, 0.3) is 0 Å². The van der Waals surface area contributed by atoms with Crippen LogP contribution in [0.4, 0.5) is 8.78 Å². The zero-order valence-electron chi connectivity index (χ0n) is 22.5. The lowest BCUT2D eigenvalue weighted by atomic mass is 9.93. The first-order valence-corrected chi connectivity index (χ1v) is 13.7. The maximum atomic E-state index is 13.9. The molecule has 3 aliphatic heterocycles. The largest absolute Gasteiger partial charge is 0.507 e. The monoisotopic (exact) mass is 574 g/mol. The van der Waals surface area contributed by atoms with Crippen molar-refractivity contribution in [2.75, 3.05) is 39.8 Å². The lowest BCUT2D eigenvalue weighted by Gasteiger charge is -2.43. The van der Waals surface area contributed by atoms with E-state index in [4.69, 9.17) is 18.9 Å². The second-order valence-corrected chi connectivity index (χ2v) is 10.5. The minimum absolute atomic E-state index is 0.0606. The van der Waals surface area contributed by atoms with Crippen molar-refractivity contribution in [2.24, 2.45) is 0 Å². The number of hydrogen-bond acceptors (Lipinski definition) is 8. The predicted octanol–water partition coefficient (Wildman–Crippen LogP) is 5.33. The van der Waals surface area contributed by atoms with E-state index in [0.29, 0.717) is 60.3 Å². The standard InChI is InChI=1S/C32H28F2N2O6/c33-21-5-1-19(2-6-21)31(23-13-27-29(15-25(23)37)41-17-39-27)35-9-11-36(12-10-35)32(20-3-7-22(34)8-4-20)24-14-28-30(16-26(24)38)42-18-40-28/h1-8,13-16,31-32,37-38H,9-12,17-18H2. The highest BCUT2D eigenvalue weighted by atomic mass is 19.1. The molecule has 4 aromatic carbocycles. The molecular formula is C32H28F2N2O6. The smallest absolute Gasteiger partial charge is 0.231 e. The number of ether oxygens (including phenoxy) is 4. The van der Waals surface area contributed by atoms with Crippen LogP contribution < -0.4 is 18.9 Å². The Balaban J connectivity index is 1.22. The van der Waals surface area contributed by atoms with Gasteiger partial charge in [0.15, 0.2) is 23.0 Å². The Morgan fingerprint density at radius 1 is 0.524 bits per heavy atom. The Bertz CT molecular complexity index is 1490. The number of phenols is 2. The number of phenolic OH excluding ortho intramolecular Hbond substituents is 2.